The number of nitrogens with one attached hydrogen (secondary N) is 1. The van der Waals surface area contributed by atoms with E-state index in [0.29, 0.717) is 13.0 Å². The Kier molecular flexibility index (Phi) is 2.77. The molecule has 0 radical (unpaired) electrons. The second-order valence-corrected chi connectivity index (χ2v) is 5.70. The highest BCUT2D eigenvalue weighted by Crippen LogP contribution is 2.48. The van der Waals surface area contributed by atoms with E-state index in [1.807, 2.05) is 6.92 Å². The van der Waals surface area contributed by atoms with Crippen molar-refractivity contribution in [2.24, 2.45) is 5.41 Å². The van der Waals surface area contributed by atoms with Gasteiger partial charge in [0.05, 0.1) is 0 Å². The lowest BCUT2D eigenvalue weighted by Gasteiger charge is -2.21. The van der Waals surface area contributed by atoms with E-state index in [2.05, 4.69) is 21.2 Å². The summed E-state index contributed by atoms with van der Waals surface area (Å²) < 4.78 is 0. The summed E-state index contributed by atoms with van der Waals surface area (Å²) in [7, 11) is 0. The third-order valence-electron chi connectivity index (χ3n) is 3.79. The van der Waals surface area contributed by atoms with Crippen LogP contribution >= 0.6 is 15.9 Å². The fourth-order valence-corrected chi connectivity index (χ4v) is 2.71. The number of nitrogens with zero attached hydrogens (tertiary/aromatic N) is 1. The molecular formula is C11H17BrN2O2. The topological polar surface area (TPSA) is 49.4 Å². The van der Waals surface area contributed by atoms with Crippen molar-refractivity contribution >= 4 is 27.9 Å². The Morgan fingerprint density at radius 2 is 2.06 bits per heavy atom. The standard InChI is InChI=1S/C11H17BrN2O2/c1-3-10(2)8(15)14(9(16)13-10)7-11(6-12)4-5-11/h3-7H2,1-2H3,(H,13,16). The molecule has 0 aromatic carbocycles. The van der Waals surface area contributed by atoms with Crippen LogP contribution in [0.3, 0.4) is 0 Å². The molecule has 2 fully saturated rings. The number of hydrogen-bond acceptors (Lipinski definition) is 2. The van der Waals surface area contributed by atoms with Crippen LogP contribution in [0.2, 0.25) is 0 Å². The number of urea groups is 1. The van der Waals surface area contributed by atoms with Gasteiger partial charge in [0.15, 0.2) is 0 Å². The normalized spacial score (nSPS) is 31.8. The van der Waals surface area contributed by atoms with Crippen LogP contribution in [-0.2, 0) is 4.79 Å². The van der Waals surface area contributed by atoms with Gasteiger partial charge in [0.25, 0.3) is 5.91 Å². The minimum atomic E-state index is -0.695. The van der Waals surface area contributed by atoms with Gasteiger partial charge in [0.2, 0.25) is 0 Å². The van der Waals surface area contributed by atoms with Crippen LogP contribution < -0.4 is 5.32 Å². The van der Waals surface area contributed by atoms with Gasteiger partial charge in [-0.05, 0) is 31.6 Å². The minimum absolute atomic E-state index is 0.0766. The van der Waals surface area contributed by atoms with Gasteiger partial charge in [0, 0.05) is 11.9 Å². The van der Waals surface area contributed by atoms with E-state index < -0.39 is 5.54 Å². The molecule has 1 saturated heterocycles. The summed E-state index contributed by atoms with van der Waals surface area (Å²) in [6.07, 6.45) is 2.83. The van der Waals surface area contributed by atoms with Gasteiger partial charge in [-0.25, -0.2) is 4.79 Å². The third-order valence-corrected chi connectivity index (χ3v) is 4.98. The smallest absolute Gasteiger partial charge is 0.323 e. The molecule has 1 atom stereocenters. The number of imide groups is 1. The molecule has 1 saturated carbocycles. The Hall–Kier alpha value is -0.580. The van der Waals surface area contributed by atoms with E-state index in [-0.39, 0.29) is 17.4 Å². The van der Waals surface area contributed by atoms with E-state index in [4.69, 9.17) is 0 Å². The summed E-state index contributed by atoms with van der Waals surface area (Å²) in [5.74, 6) is -0.0766. The Morgan fingerprint density at radius 1 is 1.44 bits per heavy atom. The lowest BCUT2D eigenvalue weighted by Crippen LogP contribution is -2.43. The molecule has 1 aliphatic carbocycles. The largest absolute Gasteiger partial charge is 0.325 e. The number of carbonyl (C=O) groups is 2. The van der Waals surface area contributed by atoms with Gasteiger partial charge < -0.3 is 5.32 Å². The van der Waals surface area contributed by atoms with Crippen LogP contribution in [-0.4, -0.2) is 34.3 Å². The van der Waals surface area contributed by atoms with Gasteiger partial charge in [-0.2, -0.15) is 0 Å². The second-order valence-electron chi connectivity index (χ2n) is 5.14. The Bertz CT molecular complexity index is 341. The molecule has 90 valence electrons. The molecule has 1 N–H and O–H groups in total. The van der Waals surface area contributed by atoms with E-state index in [1.165, 1.54) is 4.90 Å². The fourth-order valence-electron chi connectivity index (χ4n) is 1.98. The molecule has 0 aromatic rings. The molecule has 16 heavy (non-hydrogen) atoms. The van der Waals surface area contributed by atoms with Gasteiger partial charge in [-0.15, -0.1) is 0 Å². The van der Waals surface area contributed by atoms with Crippen molar-refractivity contribution in [2.45, 2.75) is 38.6 Å². The number of carbonyl (C=O) groups excluding carboxylic acids is 2. The molecule has 0 aromatic heterocycles. The number of alkyl halides is 1. The highest BCUT2D eigenvalue weighted by Gasteiger charge is 2.52. The van der Waals surface area contributed by atoms with Crippen molar-refractivity contribution in [1.82, 2.24) is 10.2 Å². The first-order chi connectivity index (χ1) is 7.46. The molecular weight excluding hydrogens is 272 g/mol. The summed E-state index contributed by atoms with van der Waals surface area (Å²) in [6.45, 7) is 4.26. The summed E-state index contributed by atoms with van der Waals surface area (Å²) in [6, 6.07) is -0.235. The van der Waals surface area contributed by atoms with Gasteiger partial charge >= 0.3 is 6.03 Å². The van der Waals surface area contributed by atoms with Crippen molar-refractivity contribution < 1.29 is 9.59 Å². The quantitative estimate of drug-likeness (QED) is 0.634. The molecule has 1 heterocycles. The van der Waals surface area contributed by atoms with E-state index in [9.17, 15) is 9.59 Å². The summed E-state index contributed by atoms with van der Waals surface area (Å²) >= 11 is 3.46. The number of hydrogen-bond donors (Lipinski definition) is 1. The Balaban J connectivity index is 2.11. The molecule has 1 aliphatic heterocycles. The maximum Gasteiger partial charge on any atom is 0.325 e. The molecule has 2 rings (SSSR count). The molecule has 5 heteroatoms. The van der Waals surface area contributed by atoms with Gasteiger partial charge in [-0.1, -0.05) is 22.9 Å². The van der Waals surface area contributed by atoms with Crippen molar-refractivity contribution in [3.8, 4) is 0 Å². The number of amides is 3. The minimum Gasteiger partial charge on any atom is -0.323 e. The molecule has 3 amide bonds. The first kappa shape index (κ1) is 11.9. The molecule has 2 aliphatic rings. The third kappa shape index (κ3) is 1.75. The van der Waals surface area contributed by atoms with Crippen molar-refractivity contribution in [3.63, 3.8) is 0 Å². The monoisotopic (exact) mass is 288 g/mol. The van der Waals surface area contributed by atoms with E-state index in [0.717, 1.165) is 18.2 Å². The van der Waals surface area contributed by atoms with E-state index >= 15 is 0 Å². The molecule has 1 unspecified atom stereocenters. The molecule has 4 nitrogen and oxygen atoms in total. The summed E-state index contributed by atoms with van der Waals surface area (Å²) in [4.78, 5) is 25.3. The zero-order chi connectivity index (χ0) is 12.0. The van der Waals surface area contributed by atoms with Crippen molar-refractivity contribution in [1.29, 1.82) is 0 Å². The average Bonchev–Trinajstić information content (AvgIpc) is 3.01. The summed E-state index contributed by atoms with van der Waals surface area (Å²) in [5, 5.41) is 3.64. The van der Waals surface area contributed by atoms with Crippen LogP contribution in [0.1, 0.15) is 33.1 Å². The lowest BCUT2D eigenvalue weighted by atomic mass is 9.99. The zero-order valence-corrected chi connectivity index (χ0v) is 11.3. The van der Waals surface area contributed by atoms with Crippen molar-refractivity contribution in [2.75, 3.05) is 11.9 Å². The van der Waals surface area contributed by atoms with Crippen molar-refractivity contribution in [3.05, 3.63) is 0 Å². The average molecular weight is 289 g/mol. The van der Waals surface area contributed by atoms with Crippen LogP contribution in [0.15, 0.2) is 0 Å². The first-order valence-electron chi connectivity index (χ1n) is 5.66. The highest BCUT2D eigenvalue weighted by atomic mass is 79.9. The Labute approximate surface area is 104 Å². The zero-order valence-electron chi connectivity index (χ0n) is 9.68. The SMILES string of the molecule is CCC1(C)NC(=O)N(CC2(CBr)CC2)C1=O. The van der Waals surface area contributed by atoms with Crippen LogP contribution in [0, 0.1) is 5.41 Å². The van der Waals surface area contributed by atoms with E-state index in [1.54, 1.807) is 6.92 Å². The van der Waals surface area contributed by atoms with Crippen LogP contribution in [0.5, 0.6) is 0 Å². The number of halogens is 1. The Morgan fingerprint density at radius 3 is 2.44 bits per heavy atom. The second kappa shape index (κ2) is 3.72. The maximum atomic E-state index is 12.1. The molecule has 0 bridgehead atoms. The van der Waals surface area contributed by atoms with Gasteiger partial charge in [0.1, 0.15) is 5.54 Å². The molecule has 0 spiro atoms. The summed E-state index contributed by atoms with van der Waals surface area (Å²) in [5.41, 5.74) is -0.550. The lowest BCUT2D eigenvalue weighted by molar-refractivity contribution is -0.131. The highest BCUT2D eigenvalue weighted by molar-refractivity contribution is 9.09. The predicted molar refractivity (Wildman–Crippen MR) is 64.4 cm³/mol. The number of rotatable bonds is 4. The maximum absolute atomic E-state index is 12.1. The van der Waals surface area contributed by atoms with Gasteiger partial charge in [-0.3, -0.25) is 9.69 Å². The van der Waals surface area contributed by atoms with Crippen LogP contribution in [0.25, 0.3) is 0 Å². The predicted octanol–water partition coefficient (Wildman–Crippen LogP) is 1.88. The first-order valence-corrected chi connectivity index (χ1v) is 6.79. The fraction of sp³-hybridized carbons (Fsp3) is 0.818. The van der Waals surface area contributed by atoms with Crippen LogP contribution in [0.4, 0.5) is 4.79 Å².